The van der Waals surface area contributed by atoms with Crippen LogP contribution in [0.1, 0.15) is 17.0 Å². The number of benzene rings is 1. The highest BCUT2D eigenvalue weighted by Crippen LogP contribution is 2.10. The van der Waals surface area contributed by atoms with Gasteiger partial charge in [0, 0.05) is 43.8 Å². The molecule has 3 aromatic rings. The molecular weight excluding hydrogens is 348 g/mol. The minimum absolute atomic E-state index is 0.630. The molecule has 0 fully saturated rings. The number of pyridine rings is 1. The Morgan fingerprint density at radius 3 is 2.54 bits per heavy atom. The van der Waals surface area contributed by atoms with Gasteiger partial charge in [0.1, 0.15) is 11.6 Å². The van der Waals surface area contributed by atoms with E-state index < -0.39 is 0 Å². The van der Waals surface area contributed by atoms with E-state index in [1.165, 1.54) is 0 Å². The summed E-state index contributed by atoms with van der Waals surface area (Å²) in [5, 5.41) is 7.28. The quantitative estimate of drug-likeness (QED) is 0.536. The molecule has 2 heterocycles. The molecule has 0 aliphatic carbocycles. The molecule has 1 aromatic carbocycles. The minimum Gasteiger partial charge on any atom is -0.352 e. The van der Waals surface area contributed by atoms with Crippen molar-refractivity contribution in [2.75, 3.05) is 7.05 Å². The first-order valence-corrected chi connectivity index (χ1v) is 8.68. The summed E-state index contributed by atoms with van der Waals surface area (Å²) in [7, 11) is 1.75. The molecule has 3 rings (SSSR count). The summed E-state index contributed by atoms with van der Waals surface area (Å²) in [6, 6.07) is 11.8. The van der Waals surface area contributed by atoms with Crippen LogP contribution in [0.5, 0.6) is 0 Å². The van der Waals surface area contributed by atoms with Gasteiger partial charge < -0.3 is 10.6 Å². The fourth-order valence-electron chi connectivity index (χ4n) is 2.52. The van der Waals surface area contributed by atoms with Gasteiger partial charge in [0.2, 0.25) is 0 Å². The standard InChI is InChI=1S/C19H21ClN6/c1-14-22-8-9-26(14)18-7-6-16(12-23-18)13-25-19(21-2)24-11-15-4-3-5-17(20)10-15/h3-10,12H,11,13H2,1-2H3,(H2,21,24,25). The number of halogens is 1. The van der Waals surface area contributed by atoms with E-state index in [4.69, 9.17) is 11.6 Å². The van der Waals surface area contributed by atoms with Crippen LogP contribution in [0.25, 0.3) is 5.82 Å². The van der Waals surface area contributed by atoms with Crippen molar-refractivity contribution in [2.45, 2.75) is 20.0 Å². The Kier molecular flexibility index (Phi) is 5.86. The second kappa shape index (κ2) is 8.49. The van der Waals surface area contributed by atoms with Crippen LogP contribution in [0.2, 0.25) is 5.02 Å². The molecule has 134 valence electrons. The third-order valence-corrected chi connectivity index (χ3v) is 4.15. The Balaban J connectivity index is 1.54. The molecule has 0 radical (unpaired) electrons. The van der Waals surface area contributed by atoms with Gasteiger partial charge in [-0.2, -0.15) is 0 Å². The average molecular weight is 369 g/mol. The number of rotatable bonds is 5. The van der Waals surface area contributed by atoms with Crippen LogP contribution < -0.4 is 10.6 Å². The number of nitrogens with zero attached hydrogens (tertiary/aromatic N) is 4. The van der Waals surface area contributed by atoms with Crippen molar-refractivity contribution in [3.05, 3.63) is 77.0 Å². The summed E-state index contributed by atoms with van der Waals surface area (Å²) in [5.74, 6) is 2.49. The van der Waals surface area contributed by atoms with Crippen LogP contribution in [0.15, 0.2) is 60.0 Å². The molecule has 0 saturated carbocycles. The monoisotopic (exact) mass is 368 g/mol. The van der Waals surface area contributed by atoms with Crippen LogP contribution in [0.4, 0.5) is 0 Å². The summed E-state index contributed by atoms with van der Waals surface area (Å²) in [6.45, 7) is 3.23. The summed E-state index contributed by atoms with van der Waals surface area (Å²) in [5.41, 5.74) is 2.17. The molecule has 0 atom stereocenters. The molecule has 6 nitrogen and oxygen atoms in total. The molecular formula is C19H21ClN6. The maximum Gasteiger partial charge on any atom is 0.191 e. The lowest BCUT2D eigenvalue weighted by atomic mass is 10.2. The number of hydrogen-bond donors (Lipinski definition) is 2. The van der Waals surface area contributed by atoms with Gasteiger partial charge in [0.15, 0.2) is 5.96 Å². The first kappa shape index (κ1) is 17.9. The molecule has 0 amide bonds. The van der Waals surface area contributed by atoms with Crippen LogP contribution >= 0.6 is 11.6 Å². The van der Waals surface area contributed by atoms with Gasteiger partial charge in [-0.3, -0.25) is 9.56 Å². The molecule has 0 unspecified atom stereocenters. The molecule has 7 heteroatoms. The fraction of sp³-hybridized carbons (Fsp3) is 0.211. The van der Waals surface area contributed by atoms with Crippen molar-refractivity contribution in [3.63, 3.8) is 0 Å². The van der Waals surface area contributed by atoms with Crippen LogP contribution in [0, 0.1) is 6.92 Å². The van der Waals surface area contributed by atoms with Crippen molar-refractivity contribution in [3.8, 4) is 5.82 Å². The summed E-state index contributed by atoms with van der Waals surface area (Å²) in [6.07, 6.45) is 5.52. The number of hydrogen-bond acceptors (Lipinski definition) is 3. The van der Waals surface area contributed by atoms with Gasteiger partial charge in [0.25, 0.3) is 0 Å². The number of aryl methyl sites for hydroxylation is 1. The largest absolute Gasteiger partial charge is 0.352 e. The topological polar surface area (TPSA) is 67.1 Å². The van der Waals surface area contributed by atoms with E-state index in [9.17, 15) is 0 Å². The number of nitrogens with one attached hydrogen (secondary N) is 2. The number of aromatic nitrogens is 3. The normalized spacial score (nSPS) is 11.4. The Hall–Kier alpha value is -2.86. The maximum absolute atomic E-state index is 6.01. The van der Waals surface area contributed by atoms with E-state index in [2.05, 4.69) is 25.6 Å². The highest BCUT2D eigenvalue weighted by molar-refractivity contribution is 6.30. The Morgan fingerprint density at radius 1 is 1.12 bits per heavy atom. The average Bonchev–Trinajstić information content (AvgIpc) is 3.08. The molecule has 2 N–H and O–H groups in total. The smallest absolute Gasteiger partial charge is 0.191 e. The zero-order valence-electron chi connectivity index (χ0n) is 14.8. The van der Waals surface area contributed by atoms with E-state index in [-0.39, 0.29) is 0 Å². The van der Waals surface area contributed by atoms with Gasteiger partial charge in [-0.25, -0.2) is 9.97 Å². The van der Waals surface area contributed by atoms with E-state index in [0.29, 0.717) is 13.1 Å². The van der Waals surface area contributed by atoms with Gasteiger partial charge in [-0.1, -0.05) is 29.8 Å². The number of guanidine groups is 1. The number of imidazole rings is 1. The summed E-state index contributed by atoms with van der Waals surface area (Å²) >= 11 is 6.01. The van der Waals surface area contributed by atoms with Crippen LogP contribution in [-0.2, 0) is 13.1 Å². The first-order chi connectivity index (χ1) is 12.7. The lowest BCUT2D eigenvalue weighted by molar-refractivity contribution is 0.805. The predicted octanol–water partition coefficient (Wildman–Crippen LogP) is 3.09. The Bertz CT molecular complexity index is 885. The number of aliphatic imine (C=N–C) groups is 1. The predicted molar refractivity (Wildman–Crippen MR) is 105 cm³/mol. The Morgan fingerprint density at radius 2 is 1.92 bits per heavy atom. The molecule has 0 bridgehead atoms. The zero-order valence-corrected chi connectivity index (χ0v) is 15.5. The van der Waals surface area contributed by atoms with E-state index in [0.717, 1.165) is 33.8 Å². The molecule has 26 heavy (non-hydrogen) atoms. The van der Waals surface area contributed by atoms with Crippen molar-refractivity contribution < 1.29 is 0 Å². The second-order valence-electron chi connectivity index (χ2n) is 5.78. The van der Waals surface area contributed by atoms with Crippen molar-refractivity contribution >= 4 is 17.6 Å². The molecule has 2 aromatic heterocycles. The summed E-state index contributed by atoms with van der Waals surface area (Å²) < 4.78 is 1.95. The first-order valence-electron chi connectivity index (χ1n) is 8.30. The van der Waals surface area contributed by atoms with Crippen LogP contribution in [-0.4, -0.2) is 27.5 Å². The molecule has 0 aliphatic heterocycles. The van der Waals surface area contributed by atoms with Gasteiger partial charge in [0.05, 0.1) is 0 Å². The van der Waals surface area contributed by atoms with Gasteiger partial charge in [-0.05, 0) is 36.2 Å². The lowest BCUT2D eigenvalue weighted by Gasteiger charge is -2.12. The van der Waals surface area contributed by atoms with Crippen molar-refractivity contribution in [1.82, 2.24) is 25.2 Å². The van der Waals surface area contributed by atoms with Gasteiger partial charge >= 0.3 is 0 Å². The third-order valence-electron chi connectivity index (χ3n) is 3.91. The van der Waals surface area contributed by atoms with E-state index in [1.54, 1.807) is 13.2 Å². The van der Waals surface area contributed by atoms with E-state index >= 15 is 0 Å². The van der Waals surface area contributed by atoms with Crippen molar-refractivity contribution in [1.29, 1.82) is 0 Å². The zero-order chi connectivity index (χ0) is 18.4. The third kappa shape index (κ3) is 4.61. The Labute approximate surface area is 158 Å². The second-order valence-corrected chi connectivity index (χ2v) is 6.21. The maximum atomic E-state index is 6.01. The minimum atomic E-state index is 0.630. The summed E-state index contributed by atoms with van der Waals surface area (Å²) in [4.78, 5) is 13.0. The van der Waals surface area contributed by atoms with E-state index in [1.807, 2.05) is 60.3 Å². The highest BCUT2D eigenvalue weighted by Gasteiger charge is 2.03. The lowest BCUT2D eigenvalue weighted by Crippen LogP contribution is -2.36. The van der Waals surface area contributed by atoms with Crippen LogP contribution in [0.3, 0.4) is 0 Å². The highest BCUT2D eigenvalue weighted by atomic mass is 35.5. The molecule has 0 spiro atoms. The fourth-order valence-corrected chi connectivity index (χ4v) is 2.74. The van der Waals surface area contributed by atoms with Crippen molar-refractivity contribution in [2.24, 2.45) is 4.99 Å². The SMILES string of the molecule is CN=C(NCc1ccc(-n2ccnc2C)nc1)NCc1cccc(Cl)c1. The molecule has 0 aliphatic rings. The molecule has 0 saturated heterocycles. The van der Waals surface area contributed by atoms with Gasteiger partial charge in [-0.15, -0.1) is 0 Å².